The average Bonchev–Trinajstić information content (AvgIpc) is 3.06. The van der Waals surface area contributed by atoms with E-state index in [-0.39, 0.29) is 52.3 Å². The number of carbonyl (C=O) groups excluding carboxylic acids is 4. The molecular formula is C36H53NaO12S. The topological polar surface area (TPSA) is 172 Å². The number of carbonyl (C=O) groups is 4. The molecule has 0 unspecified atom stereocenters. The first-order valence-electron chi connectivity index (χ1n) is 15.9. The summed E-state index contributed by atoms with van der Waals surface area (Å²) in [5.74, 6) is 0.836. The number of hydrogen-bond donors (Lipinski definition) is 0. The number of ketones is 4. The molecule has 50 heavy (non-hydrogen) atoms. The second kappa shape index (κ2) is 28.4. The molecule has 1 saturated carbocycles. The van der Waals surface area contributed by atoms with E-state index in [1.54, 1.807) is 52.7 Å². The van der Waals surface area contributed by atoms with Gasteiger partial charge in [-0.1, -0.05) is 24.3 Å². The number of rotatable bonds is 15. The van der Waals surface area contributed by atoms with E-state index in [4.69, 9.17) is 23.7 Å². The zero-order valence-electron chi connectivity index (χ0n) is 31.1. The Balaban J connectivity index is 0. The van der Waals surface area contributed by atoms with Gasteiger partial charge in [-0.2, -0.15) is 0 Å². The number of methoxy groups -OCH3 is 4. The molecule has 0 radical (unpaired) electrons. The second-order valence-corrected chi connectivity index (χ2v) is 12.8. The van der Waals surface area contributed by atoms with E-state index >= 15 is 0 Å². The molecule has 12 nitrogen and oxygen atoms in total. The molecule has 3 rings (SSSR count). The molecular weight excluding hydrogens is 679 g/mol. The number of benzene rings is 2. The Morgan fingerprint density at radius 2 is 0.900 bits per heavy atom. The maximum absolute atomic E-state index is 11.1. The van der Waals surface area contributed by atoms with Crippen molar-refractivity contribution in [3.63, 3.8) is 0 Å². The Kier molecular flexibility index (Phi) is 28.4. The zero-order chi connectivity index (χ0) is 37.4. The van der Waals surface area contributed by atoms with Crippen LogP contribution in [0.15, 0.2) is 47.4 Å². The molecule has 1 fully saturated rings. The smallest absolute Gasteiger partial charge is 0.744 e. The maximum atomic E-state index is 11.1. The van der Waals surface area contributed by atoms with Crippen LogP contribution in [0.5, 0.6) is 0 Å². The Labute approximate surface area is 320 Å². The number of hydrogen-bond acceptors (Lipinski definition) is 12. The van der Waals surface area contributed by atoms with E-state index in [9.17, 15) is 32.1 Å². The molecule has 0 aliphatic heterocycles. The van der Waals surface area contributed by atoms with E-state index in [2.05, 4.69) is 0 Å². The fourth-order valence-corrected chi connectivity index (χ4v) is 5.05. The molecule has 0 N–H and O–H groups in total. The number of ether oxygens (including phenoxy) is 5. The summed E-state index contributed by atoms with van der Waals surface area (Å²) in [6, 6.07) is 9.86. The molecule has 0 aromatic heterocycles. The zero-order valence-corrected chi connectivity index (χ0v) is 33.9. The predicted molar refractivity (Wildman–Crippen MR) is 185 cm³/mol. The molecule has 14 heteroatoms. The third-order valence-electron chi connectivity index (χ3n) is 7.34. The van der Waals surface area contributed by atoms with Crippen LogP contribution in [-0.2, 0) is 33.8 Å². The van der Waals surface area contributed by atoms with Crippen molar-refractivity contribution < 1.29 is 85.4 Å². The van der Waals surface area contributed by atoms with Crippen molar-refractivity contribution in [3.8, 4) is 0 Å². The van der Waals surface area contributed by atoms with Gasteiger partial charge in [0.25, 0.3) is 0 Å². The van der Waals surface area contributed by atoms with Crippen LogP contribution in [0.4, 0.5) is 0 Å². The third-order valence-corrected chi connectivity index (χ3v) is 8.15. The van der Waals surface area contributed by atoms with Gasteiger partial charge in [-0.05, 0) is 83.4 Å². The second-order valence-electron chi connectivity index (χ2n) is 11.4. The largest absolute Gasteiger partial charge is 1.00 e. The Hall–Kier alpha value is -2.17. The normalized spacial score (nSPS) is 15.0. The summed E-state index contributed by atoms with van der Waals surface area (Å²) in [6.45, 7) is 9.96. The Morgan fingerprint density at radius 1 is 0.580 bits per heavy atom. The Morgan fingerprint density at radius 3 is 1.14 bits per heavy atom. The first kappa shape index (κ1) is 49.9. The Bertz CT molecular complexity index is 1300. The summed E-state index contributed by atoms with van der Waals surface area (Å²) in [4.78, 5) is 43.3. The minimum absolute atomic E-state index is 0. The van der Waals surface area contributed by atoms with Gasteiger partial charge in [0.2, 0.25) is 0 Å². The van der Waals surface area contributed by atoms with E-state index in [0.717, 1.165) is 37.2 Å². The van der Waals surface area contributed by atoms with Crippen molar-refractivity contribution in [1.82, 2.24) is 0 Å². The van der Waals surface area contributed by atoms with Crippen molar-refractivity contribution in [2.75, 3.05) is 68.1 Å². The van der Waals surface area contributed by atoms with E-state index < -0.39 is 26.6 Å². The molecule has 1 aliphatic rings. The van der Waals surface area contributed by atoms with Crippen molar-refractivity contribution in [2.24, 2.45) is 11.8 Å². The third kappa shape index (κ3) is 22.6. The average molecular weight is 733 g/mol. The fourth-order valence-electron chi connectivity index (χ4n) is 4.51. The van der Waals surface area contributed by atoms with Crippen molar-refractivity contribution in [2.45, 2.75) is 58.3 Å². The van der Waals surface area contributed by atoms with Gasteiger partial charge >= 0.3 is 29.6 Å². The van der Waals surface area contributed by atoms with Gasteiger partial charge in [0, 0.05) is 63.9 Å². The summed E-state index contributed by atoms with van der Waals surface area (Å²) in [5, 5.41) is 0. The number of Topliss-reactive ketones (excluding diaryl/α,β-unsaturated/α-hetero) is 4. The van der Waals surface area contributed by atoms with Gasteiger partial charge in [0.05, 0.1) is 31.3 Å². The van der Waals surface area contributed by atoms with Gasteiger partial charge < -0.3 is 28.2 Å². The molecule has 0 heterocycles. The molecule has 1 aliphatic carbocycles. The molecule has 0 bridgehead atoms. The van der Waals surface area contributed by atoms with Gasteiger partial charge in [0.1, 0.15) is 10.1 Å². The minimum atomic E-state index is -4.67. The minimum Gasteiger partial charge on any atom is -0.744 e. The van der Waals surface area contributed by atoms with Crippen LogP contribution < -0.4 is 29.6 Å². The summed E-state index contributed by atoms with van der Waals surface area (Å²) >= 11 is 0. The SMILES string of the molecule is CC(=O)c1cc(C(C)=O)cc(S(=O)(=O)[O-])c1.CC(=O)c1ccc(C(C)=O)cc1.COCC1CCC(COC)CC1.COCCOCCOC.[Na+]. The van der Waals surface area contributed by atoms with Crippen LogP contribution in [0, 0.1) is 11.8 Å². The van der Waals surface area contributed by atoms with Crippen molar-refractivity contribution in [3.05, 3.63) is 64.7 Å². The maximum Gasteiger partial charge on any atom is 1.00 e. The quantitative estimate of drug-likeness (QED) is 0.114. The summed E-state index contributed by atoms with van der Waals surface area (Å²) in [5.41, 5.74) is 1.34. The van der Waals surface area contributed by atoms with Gasteiger partial charge in [0.15, 0.2) is 23.1 Å². The summed E-state index contributed by atoms with van der Waals surface area (Å²) in [6.07, 6.45) is 5.29. The monoisotopic (exact) mass is 732 g/mol. The van der Waals surface area contributed by atoms with Crippen LogP contribution in [-0.4, -0.2) is 104 Å². The molecule has 2 aromatic rings. The standard InChI is InChI=1S/C10H10O5S.C10H20O2.C10H10O2.C6H14O3.Na/c1-6(11)8-3-9(7(2)12)5-10(4-8)16(13,14)15;1-11-7-9-3-5-10(6-4-9)8-12-2;1-7(11)9-3-5-10(6-4-9)8(2)12;1-7-3-5-9-6-4-8-2;/h3-5H,1-2H3,(H,13,14,15);9-10H,3-8H2,1-2H3;3-6H,1-2H3;3-6H2,1-2H3;/q;;;;+1/p-1. The molecule has 0 atom stereocenters. The summed E-state index contributed by atoms with van der Waals surface area (Å²) in [7, 11) is 2.22. The van der Waals surface area contributed by atoms with Gasteiger partial charge in [-0.25, -0.2) is 8.42 Å². The fraction of sp³-hybridized carbons (Fsp3) is 0.556. The van der Waals surface area contributed by atoms with E-state index in [1.807, 2.05) is 0 Å². The van der Waals surface area contributed by atoms with Gasteiger partial charge in [-0.15, -0.1) is 0 Å². The van der Waals surface area contributed by atoms with Gasteiger partial charge in [-0.3, -0.25) is 19.2 Å². The van der Waals surface area contributed by atoms with Crippen molar-refractivity contribution >= 4 is 33.3 Å². The summed E-state index contributed by atoms with van der Waals surface area (Å²) < 4.78 is 57.3. The van der Waals surface area contributed by atoms with Crippen LogP contribution in [0.3, 0.4) is 0 Å². The predicted octanol–water partition coefficient (Wildman–Crippen LogP) is 2.47. The van der Waals surface area contributed by atoms with Crippen molar-refractivity contribution in [1.29, 1.82) is 0 Å². The van der Waals surface area contributed by atoms with Crippen LogP contribution >= 0.6 is 0 Å². The molecule has 2 aromatic carbocycles. The van der Waals surface area contributed by atoms with E-state index in [1.165, 1.54) is 59.4 Å². The molecule has 0 amide bonds. The van der Waals surface area contributed by atoms with Crippen LogP contribution in [0.25, 0.3) is 0 Å². The van der Waals surface area contributed by atoms with Crippen LogP contribution in [0.2, 0.25) is 0 Å². The first-order valence-corrected chi connectivity index (χ1v) is 17.3. The van der Waals surface area contributed by atoms with Crippen LogP contribution in [0.1, 0.15) is 94.8 Å². The molecule has 0 spiro atoms. The molecule has 276 valence electrons. The van der Waals surface area contributed by atoms with E-state index in [0.29, 0.717) is 37.6 Å². The first-order chi connectivity index (χ1) is 23.1. The molecule has 0 saturated heterocycles.